The van der Waals surface area contributed by atoms with Crippen molar-refractivity contribution in [3.63, 3.8) is 0 Å². The summed E-state index contributed by atoms with van der Waals surface area (Å²) in [6, 6.07) is 8.34. The average molecular weight is 361 g/mol. The third-order valence-electron chi connectivity index (χ3n) is 5.83. The quantitative estimate of drug-likeness (QED) is 0.840. The van der Waals surface area contributed by atoms with E-state index < -0.39 is 5.97 Å². The fourth-order valence-electron chi connectivity index (χ4n) is 4.50. The van der Waals surface area contributed by atoms with Gasteiger partial charge in [0.2, 0.25) is 0 Å². The lowest BCUT2D eigenvalue weighted by atomic mass is 9.89. The maximum atomic E-state index is 11.8. The number of hydrogen-bond acceptors (Lipinski definition) is 4. The van der Waals surface area contributed by atoms with Crippen molar-refractivity contribution in [1.82, 2.24) is 4.90 Å². The topological polar surface area (TPSA) is 59.0 Å². The monoisotopic (exact) mass is 361 g/mol. The standard InChI is InChI=1S/C21H31NO4/c1-14(2)26-18-10-6-16(7-11-18)22-12-19(20(13-22)21(23)24)15-4-8-17(25-3)9-5-15/h4-5,8-9,14,16,18-20H,6-7,10-13H2,1-3H3,(H,23,24)/t16-,18-,19-,20?/m0/s1. The van der Waals surface area contributed by atoms with E-state index in [2.05, 4.69) is 18.7 Å². The van der Waals surface area contributed by atoms with Gasteiger partial charge in [-0.3, -0.25) is 9.69 Å². The number of hydrogen-bond donors (Lipinski definition) is 1. The summed E-state index contributed by atoms with van der Waals surface area (Å²) < 4.78 is 11.2. The number of rotatable bonds is 6. The van der Waals surface area contributed by atoms with E-state index in [-0.39, 0.29) is 17.9 Å². The fraction of sp³-hybridized carbons (Fsp3) is 0.667. The van der Waals surface area contributed by atoms with Crippen LogP contribution in [0.4, 0.5) is 0 Å². The van der Waals surface area contributed by atoms with E-state index in [4.69, 9.17) is 9.47 Å². The molecule has 1 unspecified atom stereocenters. The number of aliphatic carboxylic acids is 1. The number of likely N-dealkylation sites (tertiary alicyclic amines) is 1. The minimum atomic E-state index is -0.690. The summed E-state index contributed by atoms with van der Waals surface area (Å²) in [6.45, 7) is 5.64. The Kier molecular flexibility index (Phi) is 6.20. The lowest BCUT2D eigenvalue weighted by Gasteiger charge is -2.35. The average Bonchev–Trinajstić information content (AvgIpc) is 3.07. The first kappa shape index (κ1) is 19.2. The van der Waals surface area contributed by atoms with Crippen LogP contribution in [-0.4, -0.2) is 54.4 Å². The highest BCUT2D eigenvalue weighted by Crippen LogP contribution is 2.37. The van der Waals surface area contributed by atoms with E-state index in [9.17, 15) is 9.90 Å². The maximum Gasteiger partial charge on any atom is 0.308 e. The Bertz CT molecular complexity index is 593. The molecule has 1 saturated heterocycles. The largest absolute Gasteiger partial charge is 0.497 e. The van der Waals surface area contributed by atoms with Gasteiger partial charge in [0, 0.05) is 25.0 Å². The van der Waals surface area contributed by atoms with Crippen LogP contribution in [0.25, 0.3) is 0 Å². The zero-order chi connectivity index (χ0) is 18.7. The molecule has 0 bridgehead atoms. The summed E-state index contributed by atoms with van der Waals surface area (Å²) in [5.41, 5.74) is 1.09. The van der Waals surface area contributed by atoms with Gasteiger partial charge in [0.1, 0.15) is 5.75 Å². The minimum Gasteiger partial charge on any atom is -0.497 e. The molecule has 0 radical (unpaired) electrons. The van der Waals surface area contributed by atoms with Crippen LogP contribution in [0.5, 0.6) is 5.75 Å². The molecule has 1 saturated carbocycles. The van der Waals surface area contributed by atoms with Crippen molar-refractivity contribution in [1.29, 1.82) is 0 Å². The zero-order valence-electron chi connectivity index (χ0n) is 16.1. The van der Waals surface area contributed by atoms with E-state index in [1.807, 2.05) is 24.3 Å². The van der Waals surface area contributed by atoms with Gasteiger partial charge in [0.05, 0.1) is 25.2 Å². The Morgan fingerprint density at radius 1 is 1.12 bits per heavy atom. The second kappa shape index (κ2) is 8.40. The molecule has 5 heteroatoms. The van der Waals surface area contributed by atoms with Crippen molar-refractivity contribution >= 4 is 5.97 Å². The molecule has 2 fully saturated rings. The molecule has 3 rings (SSSR count). The molecule has 1 aliphatic carbocycles. The van der Waals surface area contributed by atoms with Gasteiger partial charge in [-0.1, -0.05) is 12.1 Å². The van der Waals surface area contributed by atoms with Crippen molar-refractivity contribution in [3.8, 4) is 5.75 Å². The number of carboxylic acid groups (broad SMARTS) is 1. The van der Waals surface area contributed by atoms with Crippen molar-refractivity contribution in [2.45, 2.75) is 63.7 Å². The van der Waals surface area contributed by atoms with Crippen LogP contribution in [0.2, 0.25) is 0 Å². The summed E-state index contributed by atoms with van der Waals surface area (Å²) >= 11 is 0. The molecule has 0 amide bonds. The molecule has 1 heterocycles. The van der Waals surface area contributed by atoms with Gasteiger partial charge in [-0.15, -0.1) is 0 Å². The van der Waals surface area contributed by atoms with E-state index in [1.165, 1.54) is 0 Å². The van der Waals surface area contributed by atoms with Crippen LogP contribution in [0, 0.1) is 5.92 Å². The minimum absolute atomic E-state index is 0.0445. The smallest absolute Gasteiger partial charge is 0.308 e. The number of carboxylic acids is 1. The third kappa shape index (κ3) is 4.38. The maximum absolute atomic E-state index is 11.8. The summed E-state index contributed by atoms with van der Waals surface area (Å²) in [7, 11) is 1.64. The summed E-state index contributed by atoms with van der Waals surface area (Å²) in [5, 5.41) is 9.73. The number of nitrogens with zero attached hydrogens (tertiary/aromatic N) is 1. The summed E-state index contributed by atoms with van der Waals surface area (Å²) in [4.78, 5) is 14.2. The number of ether oxygens (including phenoxy) is 2. The first-order valence-corrected chi connectivity index (χ1v) is 9.74. The van der Waals surface area contributed by atoms with Gasteiger partial charge in [-0.05, 0) is 57.2 Å². The predicted molar refractivity (Wildman–Crippen MR) is 101 cm³/mol. The Hall–Kier alpha value is -1.59. The van der Waals surface area contributed by atoms with Gasteiger partial charge in [-0.25, -0.2) is 0 Å². The molecule has 144 valence electrons. The van der Waals surface area contributed by atoms with Crippen LogP contribution in [0.15, 0.2) is 24.3 Å². The highest BCUT2D eigenvalue weighted by atomic mass is 16.5. The Balaban J connectivity index is 1.65. The predicted octanol–water partition coefficient (Wildman–Crippen LogP) is 3.53. The molecule has 5 nitrogen and oxygen atoms in total. The van der Waals surface area contributed by atoms with Crippen molar-refractivity contribution < 1.29 is 19.4 Å². The molecule has 0 aromatic heterocycles. The van der Waals surface area contributed by atoms with E-state index in [1.54, 1.807) is 7.11 Å². The van der Waals surface area contributed by atoms with Crippen LogP contribution >= 0.6 is 0 Å². The molecule has 1 N–H and O–H groups in total. The van der Waals surface area contributed by atoms with Gasteiger partial charge in [-0.2, -0.15) is 0 Å². The second-order valence-electron chi connectivity index (χ2n) is 7.89. The van der Waals surface area contributed by atoms with Crippen molar-refractivity contribution in [3.05, 3.63) is 29.8 Å². The van der Waals surface area contributed by atoms with Gasteiger partial charge >= 0.3 is 5.97 Å². The van der Waals surface area contributed by atoms with Crippen LogP contribution in [0.1, 0.15) is 51.0 Å². The molecule has 1 aliphatic heterocycles. The molecule has 2 atom stereocenters. The Morgan fingerprint density at radius 3 is 2.31 bits per heavy atom. The highest BCUT2D eigenvalue weighted by Gasteiger charge is 2.41. The Morgan fingerprint density at radius 2 is 1.77 bits per heavy atom. The SMILES string of the molecule is COc1ccc([C@@H]2CN([C@H]3CC[C@H](OC(C)C)CC3)CC2C(=O)O)cc1. The molecular formula is C21H31NO4. The molecule has 1 aromatic carbocycles. The fourth-order valence-corrected chi connectivity index (χ4v) is 4.50. The van der Waals surface area contributed by atoms with Crippen LogP contribution in [-0.2, 0) is 9.53 Å². The molecule has 2 aliphatic rings. The van der Waals surface area contributed by atoms with E-state index >= 15 is 0 Å². The normalized spacial score (nSPS) is 29.8. The summed E-state index contributed by atoms with van der Waals surface area (Å²) in [5.74, 6) is -0.180. The lowest BCUT2D eigenvalue weighted by Crippen LogP contribution is -2.39. The van der Waals surface area contributed by atoms with Crippen molar-refractivity contribution in [2.24, 2.45) is 5.92 Å². The highest BCUT2D eigenvalue weighted by molar-refractivity contribution is 5.72. The van der Waals surface area contributed by atoms with Crippen molar-refractivity contribution in [2.75, 3.05) is 20.2 Å². The van der Waals surface area contributed by atoms with E-state index in [0.29, 0.717) is 18.7 Å². The van der Waals surface area contributed by atoms with E-state index in [0.717, 1.165) is 43.5 Å². The third-order valence-corrected chi connectivity index (χ3v) is 5.83. The second-order valence-corrected chi connectivity index (χ2v) is 7.89. The molecule has 26 heavy (non-hydrogen) atoms. The lowest BCUT2D eigenvalue weighted by molar-refractivity contribution is -0.141. The zero-order valence-corrected chi connectivity index (χ0v) is 16.1. The number of carbonyl (C=O) groups is 1. The number of methoxy groups -OCH3 is 1. The first-order valence-electron chi connectivity index (χ1n) is 9.74. The van der Waals surface area contributed by atoms with Gasteiger partial charge in [0.25, 0.3) is 0 Å². The van der Waals surface area contributed by atoms with Crippen LogP contribution in [0.3, 0.4) is 0 Å². The first-order chi connectivity index (χ1) is 12.5. The van der Waals surface area contributed by atoms with Crippen LogP contribution < -0.4 is 4.74 Å². The summed E-state index contributed by atoms with van der Waals surface area (Å²) in [6.07, 6.45) is 4.98. The Labute approximate surface area is 156 Å². The molecule has 1 aromatic rings. The number of benzene rings is 1. The molecule has 0 spiro atoms. The van der Waals surface area contributed by atoms with Gasteiger partial charge < -0.3 is 14.6 Å². The molecular weight excluding hydrogens is 330 g/mol. The van der Waals surface area contributed by atoms with Gasteiger partial charge in [0.15, 0.2) is 0 Å².